The molecule has 0 aliphatic carbocycles. The molecule has 0 amide bonds. The van der Waals surface area contributed by atoms with E-state index in [4.69, 9.17) is 22.0 Å². The van der Waals surface area contributed by atoms with Crippen molar-refractivity contribution in [2.75, 3.05) is 0 Å². The highest BCUT2D eigenvalue weighted by Gasteiger charge is 2.09. The topological polar surface area (TPSA) is 74.0 Å². The molecular weight excluding hydrogens is 216 g/mol. The number of hydrogen-bond donors (Lipinski definition) is 1. The molecule has 0 fully saturated rings. The Morgan fingerprint density at radius 3 is 3.00 bits per heavy atom. The van der Waals surface area contributed by atoms with Crippen LogP contribution in [0.1, 0.15) is 22.3 Å². The van der Waals surface area contributed by atoms with Gasteiger partial charge in [-0.15, -0.1) is 0 Å². The molecule has 5 heteroatoms. The van der Waals surface area contributed by atoms with Gasteiger partial charge >= 0.3 is 5.97 Å². The number of aromatic nitrogens is 1. The predicted octanol–water partition coefficient (Wildman–Crippen LogP) is 1.70. The number of nitriles is 1. The van der Waals surface area contributed by atoms with Crippen molar-refractivity contribution < 1.29 is 9.90 Å². The van der Waals surface area contributed by atoms with Crippen LogP contribution in [-0.4, -0.2) is 16.1 Å². The average molecular weight is 221 g/mol. The maximum atomic E-state index is 10.7. The highest BCUT2D eigenvalue weighted by Crippen LogP contribution is 2.13. The van der Waals surface area contributed by atoms with E-state index in [9.17, 15) is 4.79 Å². The fourth-order valence-corrected chi connectivity index (χ4v) is 1.04. The molecule has 1 N–H and O–H groups in total. The lowest BCUT2D eigenvalue weighted by molar-refractivity contribution is 0.0696. The summed E-state index contributed by atoms with van der Waals surface area (Å²) in [7, 11) is 0. The van der Waals surface area contributed by atoms with Crippen molar-refractivity contribution in [1.82, 2.24) is 4.98 Å². The van der Waals surface area contributed by atoms with E-state index >= 15 is 0 Å². The van der Waals surface area contributed by atoms with Crippen molar-refractivity contribution in [2.24, 2.45) is 0 Å². The number of carbonyl (C=O) groups is 1. The van der Waals surface area contributed by atoms with Gasteiger partial charge in [0.2, 0.25) is 0 Å². The zero-order chi connectivity index (χ0) is 11.3. The van der Waals surface area contributed by atoms with E-state index in [-0.39, 0.29) is 17.1 Å². The van der Waals surface area contributed by atoms with Crippen molar-refractivity contribution in [3.8, 4) is 17.9 Å². The van der Waals surface area contributed by atoms with Crippen molar-refractivity contribution in [3.63, 3.8) is 0 Å². The van der Waals surface area contributed by atoms with Gasteiger partial charge in [-0.2, -0.15) is 5.26 Å². The first kappa shape index (κ1) is 11.0. The van der Waals surface area contributed by atoms with Crippen LogP contribution >= 0.6 is 11.6 Å². The van der Waals surface area contributed by atoms with Gasteiger partial charge in [-0.1, -0.05) is 23.4 Å². The monoisotopic (exact) mass is 220 g/mol. The van der Waals surface area contributed by atoms with E-state index in [0.29, 0.717) is 5.56 Å². The van der Waals surface area contributed by atoms with Gasteiger partial charge in [0.1, 0.15) is 5.15 Å². The summed E-state index contributed by atoms with van der Waals surface area (Å²) in [5.74, 6) is 4.00. The molecule has 0 spiro atoms. The SMILES string of the molecule is N#CCC#Cc1cnc(Cl)c(C(=O)O)c1. The van der Waals surface area contributed by atoms with Crippen LogP contribution in [0.3, 0.4) is 0 Å². The number of carboxylic acid groups (broad SMARTS) is 1. The maximum Gasteiger partial charge on any atom is 0.338 e. The van der Waals surface area contributed by atoms with Crippen LogP contribution in [0.2, 0.25) is 5.15 Å². The minimum absolute atomic E-state index is 0.0756. The molecule has 0 unspecified atom stereocenters. The third-order valence-electron chi connectivity index (χ3n) is 1.47. The van der Waals surface area contributed by atoms with Crippen LogP contribution in [0.5, 0.6) is 0 Å². The molecule has 1 rings (SSSR count). The molecule has 0 aromatic carbocycles. The Hall–Kier alpha value is -2.04. The standard InChI is InChI=1S/C10H5ClN2O2/c11-9-8(10(14)15)5-7(6-13-9)3-1-2-4-12/h5-6H,2H2,(H,14,15). The van der Waals surface area contributed by atoms with Gasteiger partial charge in [-0.3, -0.25) is 0 Å². The summed E-state index contributed by atoms with van der Waals surface area (Å²) in [6.07, 6.45) is 1.45. The molecule has 0 bridgehead atoms. The van der Waals surface area contributed by atoms with Crippen LogP contribution in [0.15, 0.2) is 12.3 Å². The predicted molar refractivity (Wildman–Crippen MR) is 53.3 cm³/mol. The fourth-order valence-electron chi connectivity index (χ4n) is 0.852. The van der Waals surface area contributed by atoms with Crippen LogP contribution in [0.25, 0.3) is 0 Å². The quantitative estimate of drug-likeness (QED) is 0.577. The zero-order valence-electron chi connectivity index (χ0n) is 7.49. The Labute approximate surface area is 91.1 Å². The molecule has 74 valence electrons. The molecule has 0 saturated heterocycles. The molecule has 1 aromatic rings. The summed E-state index contributed by atoms with van der Waals surface area (Å²) in [6.45, 7) is 0. The van der Waals surface area contributed by atoms with E-state index in [1.807, 2.05) is 6.07 Å². The van der Waals surface area contributed by atoms with Gasteiger partial charge in [0.05, 0.1) is 18.1 Å². The minimum atomic E-state index is -1.16. The summed E-state index contributed by atoms with van der Waals surface area (Å²) in [5.41, 5.74) is 0.326. The molecule has 1 heterocycles. The van der Waals surface area contributed by atoms with Gasteiger partial charge in [0.15, 0.2) is 0 Å². The lowest BCUT2D eigenvalue weighted by Gasteiger charge is -1.97. The van der Waals surface area contributed by atoms with Crippen LogP contribution < -0.4 is 0 Å². The summed E-state index contributed by atoms with van der Waals surface area (Å²) in [4.78, 5) is 14.4. The smallest absolute Gasteiger partial charge is 0.338 e. The van der Waals surface area contributed by atoms with Crippen molar-refractivity contribution in [2.45, 2.75) is 6.42 Å². The highest BCUT2D eigenvalue weighted by molar-refractivity contribution is 6.32. The molecule has 1 aromatic heterocycles. The van der Waals surface area contributed by atoms with Gasteiger partial charge in [-0.05, 0) is 6.07 Å². The Kier molecular flexibility index (Phi) is 3.68. The number of aromatic carboxylic acids is 1. The molecule has 15 heavy (non-hydrogen) atoms. The molecule has 0 saturated carbocycles. The summed E-state index contributed by atoms with van der Waals surface area (Å²) >= 11 is 5.56. The van der Waals surface area contributed by atoms with Gasteiger partial charge in [-0.25, -0.2) is 9.78 Å². The molecule has 0 atom stereocenters. The first-order valence-electron chi connectivity index (χ1n) is 3.90. The largest absolute Gasteiger partial charge is 0.478 e. The van der Waals surface area contributed by atoms with Crippen LogP contribution in [0, 0.1) is 23.2 Å². The lowest BCUT2D eigenvalue weighted by Crippen LogP contribution is -1.99. The van der Waals surface area contributed by atoms with Gasteiger partial charge in [0.25, 0.3) is 0 Å². The summed E-state index contributed by atoms with van der Waals surface area (Å²) in [5, 5.41) is 16.9. The Balaban J connectivity index is 3.05. The van der Waals surface area contributed by atoms with E-state index in [2.05, 4.69) is 16.8 Å². The second-order valence-corrected chi connectivity index (χ2v) is 2.86. The first-order chi connectivity index (χ1) is 7.15. The number of halogens is 1. The van der Waals surface area contributed by atoms with E-state index < -0.39 is 5.97 Å². The van der Waals surface area contributed by atoms with E-state index in [1.54, 1.807) is 0 Å². The number of rotatable bonds is 1. The third kappa shape index (κ3) is 2.98. The first-order valence-corrected chi connectivity index (χ1v) is 4.27. The van der Waals surface area contributed by atoms with E-state index in [1.165, 1.54) is 12.3 Å². The molecular formula is C10H5ClN2O2. The highest BCUT2D eigenvalue weighted by atomic mass is 35.5. The minimum Gasteiger partial charge on any atom is -0.478 e. The second kappa shape index (κ2) is 4.99. The fraction of sp³-hybridized carbons (Fsp3) is 0.100. The third-order valence-corrected chi connectivity index (χ3v) is 1.77. The zero-order valence-corrected chi connectivity index (χ0v) is 8.25. The van der Waals surface area contributed by atoms with Crippen molar-refractivity contribution >= 4 is 17.6 Å². The average Bonchev–Trinajstić information content (AvgIpc) is 2.20. The van der Waals surface area contributed by atoms with Crippen molar-refractivity contribution in [1.29, 1.82) is 5.26 Å². The Morgan fingerprint density at radius 1 is 1.67 bits per heavy atom. The molecule has 0 aliphatic rings. The Morgan fingerprint density at radius 2 is 2.40 bits per heavy atom. The number of carboxylic acids is 1. The second-order valence-electron chi connectivity index (χ2n) is 2.50. The Bertz CT molecular complexity index is 494. The number of nitrogens with zero attached hydrogens (tertiary/aromatic N) is 2. The molecule has 0 aliphatic heterocycles. The summed E-state index contributed by atoms with van der Waals surface area (Å²) < 4.78 is 0. The van der Waals surface area contributed by atoms with Crippen molar-refractivity contribution in [3.05, 3.63) is 28.5 Å². The number of pyridine rings is 1. The van der Waals surface area contributed by atoms with Crippen LogP contribution in [-0.2, 0) is 0 Å². The molecule has 4 nitrogen and oxygen atoms in total. The van der Waals surface area contributed by atoms with Crippen LogP contribution in [0.4, 0.5) is 0 Å². The maximum absolute atomic E-state index is 10.7. The molecule has 0 radical (unpaired) electrons. The number of hydrogen-bond acceptors (Lipinski definition) is 3. The summed E-state index contributed by atoms with van der Waals surface area (Å²) in [6, 6.07) is 3.17. The van der Waals surface area contributed by atoms with E-state index in [0.717, 1.165) is 0 Å². The van der Waals surface area contributed by atoms with Gasteiger partial charge in [0, 0.05) is 11.8 Å². The lowest BCUT2D eigenvalue weighted by atomic mass is 10.2. The van der Waals surface area contributed by atoms with Gasteiger partial charge < -0.3 is 5.11 Å². The normalized spacial score (nSPS) is 8.53.